The van der Waals surface area contributed by atoms with Gasteiger partial charge < -0.3 is 20.9 Å². The third-order valence-corrected chi connectivity index (χ3v) is 4.83. The molecule has 0 radical (unpaired) electrons. The van der Waals surface area contributed by atoms with Crippen LogP contribution in [0.3, 0.4) is 0 Å². The predicted molar refractivity (Wildman–Crippen MR) is 118 cm³/mol. The molecule has 2 aromatic rings. The molecule has 2 aromatic carbocycles. The summed E-state index contributed by atoms with van der Waals surface area (Å²) in [6, 6.07) is 13.3. The maximum atomic E-state index is 6.02. The monoisotopic (exact) mass is 385 g/mol. The van der Waals surface area contributed by atoms with Crippen LogP contribution in [0.2, 0.25) is 0 Å². The van der Waals surface area contributed by atoms with Crippen molar-refractivity contribution in [2.45, 2.75) is 52.5 Å². The molecule has 0 amide bonds. The molecule has 0 spiro atoms. The highest BCUT2D eigenvalue weighted by Gasteiger charge is 2.13. The zero-order valence-electron chi connectivity index (χ0n) is 17.5. The first kappa shape index (κ1) is 21.9. The van der Waals surface area contributed by atoms with Gasteiger partial charge in [-0.3, -0.25) is 4.90 Å². The molecule has 1 atom stereocenters. The summed E-state index contributed by atoms with van der Waals surface area (Å²) in [6.07, 6.45) is 4.90. The van der Waals surface area contributed by atoms with Crippen molar-refractivity contribution in [3.63, 3.8) is 0 Å². The summed E-state index contributed by atoms with van der Waals surface area (Å²) in [6.45, 7) is 9.68. The molecule has 0 heterocycles. The molecule has 0 fully saturated rings. The van der Waals surface area contributed by atoms with Gasteiger partial charge in [0, 0.05) is 12.1 Å². The number of rotatable bonds is 12. The zero-order chi connectivity index (χ0) is 20.4. The van der Waals surface area contributed by atoms with Gasteiger partial charge in [0.25, 0.3) is 0 Å². The van der Waals surface area contributed by atoms with Gasteiger partial charge in [-0.05, 0) is 69.3 Å². The van der Waals surface area contributed by atoms with Gasteiger partial charge in [-0.1, -0.05) is 26.7 Å². The smallest absolute Gasteiger partial charge is 0.129 e. The molecule has 4 N–H and O–H groups in total. The van der Waals surface area contributed by atoms with E-state index in [2.05, 4.69) is 25.7 Å². The highest BCUT2D eigenvalue weighted by Crippen LogP contribution is 2.27. The van der Waals surface area contributed by atoms with Crippen LogP contribution >= 0.6 is 0 Å². The number of hydrogen-bond donors (Lipinski definition) is 2. The highest BCUT2D eigenvalue weighted by molar-refractivity contribution is 5.65. The Morgan fingerprint density at radius 3 is 1.96 bits per heavy atom. The number of nitrogens with two attached hydrogens (primary N) is 2. The lowest BCUT2D eigenvalue weighted by molar-refractivity contribution is 0.142. The van der Waals surface area contributed by atoms with Gasteiger partial charge in [0.2, 0.25) is 0 Å². The van der Waals surface area contributed by atoms with E-state index in [9.17, 15) is 0 Å². The first-order chi connectivity index (χ1) is 13.5. The van der Waals surface area contributed by atoms with E-state index in [1.54, 1.807) is 18.2 Å². The second-order valence-corrected chi connectivity index (χ2v) is 7.27. The third-order valence-electron chi connectivity index (χ3n) is 4.83. The number of ether oxygens (including phenoxy) is 2. The Morgan fingerprint density at radius 1 is 0.821 bits per heavy atom. The van der Waals surface area contributed by atoms with Crippen LogP contribution in [0.4, 0.5) is 11.4 Å². The Bertz CT molecular complexity index is 695. The molecule has 0 bridgehead atoms. The molecule has 0 saturated heterocycles. The minimum absolute atomic E-state index is 0.395. The minimum atomic E-state index is 0.395. The fourth-order valence-corrected chi connectivity index (χ4v) is 2.95. The largest absolute Gasteiger partial charge is 0.492 e. The average molecular weight is 386 g/mol. The van der Waals surface area contributed by atoms with Gasteiger partial charge in [-0.15, -0.1) is 0 Å². The molecule has 5 nitrogen and oxygen atoms in total. The van der Waals surface area contributed by atoms with Crippen molar-refractivity contribution in [2.75, 3.05) is 31.2 Å². The molecule has 0 aliphatic rings. The number of nitrogens with zero attached hydrogens (tertiary/aromatic N) is 1. The summed E-state index contributed by atoms with van der Waals surface area (Å²) in [5.74, 6) is 2.25. The molecule has 2 rings (SSSR count). The highest BCUT2D eigenvalue weighted by atomic mass is 16.5. The summed E-state index contributed by atoms with van der Waals surface area (Å²) >= 11 is 0. The molecule has 5 heteroatoms. The van der Waals surface area contributed by atoms with Crippen LogP contribution in [0.5, 0.6) is 17.2 Å². The number of unbranched alkanes of at least 4 members (excludes halogenated alkanes) is 2. The van der Waals surface area contributed by atoms with E-state index in [4.69, 9.17) is 20.9 Å². The quantitative estimate of drug-likeness (QED) is 0.484. The van der Waals surface area contributed by atoms with Gasteiger partial charge in [0.15, 0.2) is 0 Å². The van der Waals surface area contributed by atoms with Gasteiger partial charge in [0.05, 0.1) is 11.4 Å². The molecule has 28 heavy (non-hydrogen) atoms. The van der Waals surface area contributed by atoms with E-state index in [0.717, 1.165) is 24.6 Å². The van der Waals surface area contributed by atoms with Gasteiger partial charge in [0.1, 0.15) is 23.9 Å². The van der Waals surface area contributed by atoms with E-state index in [0.29, 0.717) is 29.8 Å². The van der Waals surface area contributed by atoms with Gasteiger partial charge in [-0.25, -0.2) is 0 Å². The average Bonchev–Trinajstić information content (AvgIpc) is 2.70. The summed E-state index contributed by atoms with van der Waals surface area (Å²) in [4.78, 5) is 2.54. The summed E-state index contributed by atoms with van der Waals surface area (Å²) in [5, 5.41) is 0. The molecule has 0 aliphatic heterocycles. The molecule has 154 valence electrons. The van der Waals surface area contributed by atoms with Crippen molar-refractivity contribution in [3.8, 4) is 17.2 Å². The lowest BCUT2D eigenvalue weighted by Gasteiger charge is -2.29. The SMILES string of the molecule is CCCCN(CCCC)C(C)COc1ccc(Oc2ccc(N)c(N)c2)cc1. The van der Waals surface area contributed by atoms with E-state index < -0.39 is 0 Å². The van der Waals surface area contributed by atoms with Crippen molar-refractivity contribution < 1.29 is 9.47 Å². The maximum absolute atomic E-state index is 6.02. The van der Waals surface area contributed by atoms with Crippen molar-refractivity contribution in [1.82, 2.24) is 4.90 Å². The second kappa shape index (κ2) is 11.4. The fraction of sp³-hybridized carbons (Fsp3) is 0.478. The van der Waals surface area contributed by atoms with Gasteiger partial charge in [-0.2, -0.15) is 0 Å². The summed E-state index contributed by atoms with van der Waals surface area (Å²) in [5.41, 5.74) is 12.6. The lowest BCUT2D eigenvalue weighted by atomic mass is 10.2. The maximum Gasteiger partial charge on any atom is 0.129 e. The summed E-state index contributed by atoms with van der Waals surface area (Å²) in [7, 11) is 0. The van der Waals surface area contributed by atoms with Crippen molar-refractivity contribution >= 4 is 11.4 Å². The van der Waals surface area contributed by atoms with Crippen LogP contribution in [0.25, 0.3) is 0 Å². The molecule has 0 saturated carbocycles. The van der Waals surface area contributed by atoms with Crippen LogP contribution in [-0.2, 0) is 0 Å². The lowest BCUT2D eigenvalue weighted by Crippen LogP contribution is -2.38. The number of nitrogen functional groups attached to an aromatic ring is 2. The zero-order valence-corrected chi connectivity index (χ0v) is 17.5. The Kier molecular flexibility index (Phi) is 8.95. The Hall–Kier alpha value is -2.40. The van der Waals surface area contributed by atoms with Crippen LogP contribution in [0, 0.1) is 0 Å². The fourth-order valence-electron chi connectivity index (χ4n) is 2.95. The Morgan fingerprint density at radius 2 is 1.39 bits per heavy atom. The molecule has 0 aromatic heterocycles. The third kappa shape index (κ3) is 6.97. The van der Waals surface area contributed by atoms with Crippen molar-refractivity contribution in [3.05, 3.63) is 42.5 Å². The predicted octanol–water partition coefficient (Wildman–Crippen LogP) is 5.31. The minimum Gasteiger partial charge on any atom is -0.492 e. The number of hydrogen-bond acceptors (Lipinski definition) is 5. The van der Waals surface area contributed by atoms with E-state index >= 15 is 0 Å². The number of benzene rings is 2. The first-order valence-corrected chi connectivity index (χ1v) is 10.3. The van der Waals surface area contributed by atoms with Gasteiger partial charge >= 0.3 is 0 Å². The van der Waals surface area contributed by atoms with Crippen molar-refractivity contribution in [2.24, 2.45) is 0 Å². The van der Waals surface area contributed by atoms with Crippen molar-refractivity contribution in [1.29, 1.82) is 0 Å². The Balaban J connectivity index is 1.87. The van der Waals surface area contributed by atoms with Crippen LogP contribution in [-0.4, -0.2) is 30.6 Å². The summed E-state index contributed by atoms with van der Waals surface area (Å²) < 4.78 is 11.8. The standard InChI is InChI=1S/C23H35N3O2/c1-4-6-14-26(15-7-5-2)18(3)17-27-19-8-10-20(11-9-19)28-21-12-13-22(24)23(25)16-21/h8-13,16,18H,4-7,14-15,17,24-25H2,1-3H3. The van der Waals surface area contributed by atoms with Crippen LogP contribution in [0.15, 0.2) is 42.5 Å². The van der Waals surface area contributed by atoms with E-state index in [1.165, 1.54) is 25.7 Å². The van der Waals surface area contributed by atoms with Crippen LogP contribution < -0.4 is 20.9 Å². The molecular formula is C23H35N3O2. The van der Waals surface area contributed by atoms with E-state index in [-0.39, 0.29) is 0 Å². The second-order valence-electron chi connectivity index (χ2n) is 7.27. The molecular weight excluding hydrogens is 350 g/mol. The molecule has 1 unspecified atom stereocenters. The molecule has 0 aliphatic carbocycles. The first-order valence-electron chi connectivity index (χ1n) is 10.3. The normalized spacial score (nSPS) is 12.1. The van der Waals surface area contributed by atoms with Crippen LogP contribution in [0.1, 0.15) is 46.5 Å². The van der Waals surface area contributed by atoms with E-state index in [1.807, 2.05) is 24.3 Å². The Labute approximate surface area is 169 Å². The number of anilines is 2. The topological polar surface area (TPSA) is 73.7 Å².